The van der Waals surface area contributed by atoms with E-state index in [9.17, 15) is 4.39 Å². The SMILES string of the molecule is CN1CCN(CCCn2ncc3c2CCc2c-3sc3ncnc(Nc4ccc(OCc5cccc(F)c5)c(Cl)c4)c23)CC1. The Labute approximate surface area is 259 Å². The Morgan fingerprint density at radius 1 is 1.05 bits per heavy atom. The van der Waals surface area contributed by atoms with Gasteiger partial charge in [-0.15, -0.1) is 11.3 Å². The van der Waals surface area contributed by atoms with Gasteiger partial charge in [0.2, 0.25) is 0 Å². The van der Waals surface area contributed by atoms with Crippen LogP contribution in [0.5, 0.6) is 5.75 Å². The number of nitrogens with zero attached hydrogens (tertiary/aromatic N) is 6. The average molecular weight is 618 g/mol. The standard InChI is InChI=1S/C32H33ClFN7OS/c1-39-12-14-40(15-13-39)10-3-11-41-27-8-7-24-29-31(35-20-36-32(29)43-30(24)25(27)18-37-41)38-23-6-9-28(26(33)17-23)42-19-21-4-2-5-22(34)16-21/h2,4-6,9,16-18,20H,3,7-8,10-15,19H2,1H3,(H,35,36,38). The molecule has 7 rings (SSSR count). The summed E-state index contributed by atoms with van der Waals surface area (Å²) >= 11 is 8.27. The molecule has 2 aliphatic rings. The van der Waals surface area contributed by atoms with Crippen LogP contribution in [0.4, 0.5) is 15.9 Å². The number of thiophene rings is 1. The third-order valence-corrected chi connectivity index (χ3v) is 9.78. The van der Waals surface area contributed by atoms with Crippen molar-refractivity contribution < 1.29 is 9.13 Å². The van der Waals surface area contributed by atoms with Gasteiger partial charge in [0.05, 0.1) is 16.6 Å². The highest BCUT2D eigenvalue weighted by Crippen LogP contribution is 2.45. The van der Waals surface area contributed by atoms with E-state index in [2.05, 4.69) is 36.8 Å². The zero-order valence-corrected chi connectivity index (χ0v) is 25.6. The number of likely N-dealkylation sites (N-methyl/N-ethyl adjacent to an activating group) is 1. The molecule has 1 aliphatic heterocycles. The Morgan fingerprint density at radius 2 is 1.93 bits per heavy atom. The van der Waals surface area contributed by atoms with E-state index in [1.807, 2.05) is 30.5 Å². The van der Waals surface area contributed by atoms with Crippen LogP contribution in [0.3, 0.4) is 0 Å². The maximum absolute atomic E-state index is 13.5. The predicted molar refractivity (Wildman–Crippen MR) is 170 cm³/mol. The number of aromatic nitrogens is 4. The second kappa shape index (κ2) is 12.2. The minimum atomic E-state index is -0.291. The lowest BCUT2D eigenvalue weighted by molar-refractivity contribution is 0.151. The normalized spacial score (nSPS) is 15.4. The summed E-state index contributed by atoms with van der Waals surface area (Å²) < 4.78 is 21.6. The number of rotatable bonds is 9. The molecule has 8 nitrogen and oxygen atoms in total. The molecule has 0 unspecified atom stereocenters. The van der Waals surface area contributed by atoms with Gasteiger partial charge in [-0.05, 0) is 74.3 Å². The molecular weight excluding hydrogens is 585 g/mol. The first-order chi connectivity index (χ1) is 21.0. The minimum Gasteiger partial charge on any atom is -0.487 e. The molecule has 2 aromatic carbocycles. The molecule has 0 atom stereocenters. The van der Waals surface area contributed by atoms with Crippen molar-refractivity contribution in [3.63, 3.8) is 0 Å². The molecule has 4 heterocycles. The van der Waals surface area contributed by atoms with Gasteiger partial charge in [0.25, 0.3) is 0 Å². The molecule has 5 aromatic rings. The second-order valence-corrected chi connectivity index (χ2v) is 12.6. The smallest absolute Gasteiger partial charge is 0.142 e. The Morgan fingerprint density at radius 3 is 2.77 bits per heavy atom. The summed E-state index contributed by atoms with van der Waals surface area (Å²) in [6, 6.07) is 11.9. The van der Waals surface area contributed by atoms with E-state index in [4.69, 9.17) is 21.4 Å². The van der Waals surface area contributed by atoms with Crippen molar-refractivity contribution in [3.05, 3.63) is 82.6 Å². The lowest BCUT2D eigenvalue weighted by Gasteiger charge is -2.32. The lowest BCUT2D eigenvalue weighted by atomic mass is 9.95. The van der Waals surface area contributed by atoms with Crippen molar-refractivity contribution in [2.24, 2.45) is 0 Å². The highest BCUT2D eigenvalue weighted by Gasteiger charge is 2.27. The molecule has 3 aromatic heterocycles. The van der Waals surface area contributed by atoms with Crippen molar-refractivity contribution >= 4 is 44.7 Å². The van der Waals surface area contributed by atoms with Gasteiger partial charge < -0.3 is 19.9 Å². The summed E-state index contributed by atoms with van der Waals surface area (Å²) in [4.78, 5) is 16.4. The van der Waals surface area contributed by atoms with E-state index >= 15 is 0 Å². The molecule has 1 saturated heterocycles. The number of nitrogens with one attached hydrogen (secondary N) is 1. The first-order valence-electron chi connectivity index (χ1n) is 14.7. The zero-order valence-electron chi connectivity index (χ0n) is 24.0. The van der Waals surface area contributed by atoms with Gasteiger partial charge in [-0.3, -0.25) is 4.68 Å². The Kier molecular flexibility index (Phi) is 8.01. The van der Waals surface area contributed by atoms with Crippen LogP contribution in [0.15, 0.2) is 55.0 Å². The van der Waals surface area contributed by atoms with E-state index in [0.29, 0.717) is 10.8 Å². The summed E-state index contributed by atoms with van der Waals surface area (Å²) in [5.41, 5.74) is 5.35. The molecule has 0 bridgehead atoms. The number of piperazine rings is 1. The molecule has 43 heavy (non-hydrogen) atoms. The van der Waals surface area contributed by atoms with E-state index in [-0.39, 0.29) is 12.4 Å². The number of aryl methyl sites for hydroxylation is 2. The van der Waals surface area contributed by atoms with Crippen molar-refractivity contribution in [1.82, 2.24) is 29.5 Å². The minimum absolute atomic E-state index is 0.229. The van der Waals surface area contributed by atoms with Gasteiger partial charge in [0.15, 0.2) is 0 Å². The number of benzene rings is 2. The predicted octanol–water partition coefficient (Wildman–Crippen LogP) is 6.41. The number of halogens is 2. The number of fused-ring (bicyclic) bond motifs is 5. The summed E-state index contributed by atoms with van der Waals surface area (Å²) in [6.45, 7) is 6.88. The number of anilines is 2. The van der Waals surface area contributed by atoms with Crippen LogP contribution in [0.2, 0.25) is 5.02 Å². The second-order valence-electron chi connectivity index (χ2n) is 11.2. The van der Waals surface area contributed by atoms with Gasteiger partial charge in [0.1, 0.15) is 35.1 Å². The van der Waals surface area contributed by atoms with Gasteiger partial charge in [-0.25, -0.2) is 14.4 Å². The van der Waals surface area contributed by atoms with Crippen molar-refractivity contribution in [2.75, 3.05) is 45.1 Å². The van der Waals surface area contributed by atoms with E-state index in [0.717, 1.165) is 85.8 Å². The topological polar surface area (TPSA) is 71.3 Å². The molecule has 0 amide bonds. The van der Waals surface area contributed by atoms with Crippen molar-refractivity contribution in [3.8, 4) is 16.2 Å². The van der Waals surface area contributed by atoms with Crippen LogP contribution in [0.1, 0.15) is 23.2 Å². The van der Waals surface area contributed by atoms with E-state index < -0.39 is 0 Å². The van der Waals surface area contributed by atoms with Crippen LogP contribution >= 0.6 is 22.9 Å². The van der Waals surface area contributed by atoms with Crippen LogP contribution in [-0.2, 0) is 26.0 Å². The summed E-state index contributed by atoms with van der Waals surface area (Å²) in [5.74, 6) is 1.00. The monoisotopic (exact) mass is 617 g/mol. The van der Waals surface area contributed by atoms with Crippen molar-refractivity contribution in [1.29, 1.82) is 0 Å². The third-order valence-electron chi connectivity index (χ3n) is 8.31. The third kappa shape index (κ3) is 5.97. The molecule has 0 radical (unpaired) electrons. The van der Waals surface area contributed by atoms with Gasteiger partial charge in [-0.1, -0.05) is 23.7 Å². The Hall–Kier alpha value is -3.57. The fourth-order valence-electron chi connectivity index (χ4n) is 5.98. The maximum Gasteiger partial charge on any atom is 0.142 e. The quantitative estimate of drug-likeness (QED) is 0.205. The zero-order chi connectivity index (χ0) is 29.3. The highest BCUT2D eigenvalue weighted by atomic mass is 35.5. The van der Waals surface area contributed by atoms with E-state index in [1.54, 1.807) is 23.7 Å². The van der Waals surface area contributed by atoms with Gasteiger partial charge in [0, 0.05) is 54.5 Å². The van der Waals surface area contributed by atoms with Crippen molar-refractivity contribution in [2.45, 2.75) is 32.4 Å². The Balaban J connectivity index is 1.06. The van der Waals surface area contributed by atoms with Crippen LogP contribution in [0.25, 0.3) is 20.7 Å². The van der Waals surface area contributed by atoms with Crippen LogP contribution in [-0.4, -0.2) is 69.3 Å². The number of ether oxygens (including phenoxy) is 1. The fraction of sp³-hybridized carbons (Fsp3) is 0.344. The van der Waals surface area contributed by atoms with Crippen LogP contribution in [0, 0.1) is 5.82 Å². The molecule has 0 spiro atoms. The average Bonchev–Trinajstić information content (AvgIpc) is 3.60. The summed E-state index contributed by atoms with van der Waals surface area (Å²) in [7, 11) is 2.20. The fourth-order valence-corrected chi connectivity index (χ4v) is 7.44. The molecular formula is C32H33ClFN7OS. The largest absolute Gasteiger partial charge is 0.487 e. The maximum atomic E-state index is 13.5. The molecule has 1 fully saturated rings. The highest BCUT2D eigenvalue weighted by molar-refractivity contribution is 7.22. The van der Waals surface area contributed by atoms with E-state index in [1.165, 1.54) is 33.8 Å². The Bertz CT molecular complexity index is 1760. The molecule has 11 heteroatoms. The molecule has 1 aliphatic carbocycles. The molecule has 1 N–H and O–H groups in total. The molecule has 222 valence electrons. The summed E-state index contributed by atoms with van der Waals surface area (Å²) in [5, 5.41) is 9.79. The number of hydrogen-bond acceptors (Lipinski definition) is 8. The van der Waals surface area contributed by atoms with Crippen LogP contribution < -0.4 is 10.1 Å². The lowest BCUT2D eigenvalue weighted by Crippen LogP contribution is -2.44. The first kappa shape index (κ1) is 28.2. The van der Waals surface area contributed by atoms with Gasteiger partial charge in [-0.2, -0.15) is 5.10 Å². The first-order valence-corrected chi connectivity index (χ1v) is 15.9. The summed E-state index contributed by atoms with van der Waals surface area (Å²) in [6.07, 6.45) is 6.60. The molecule has 0 saturated carbocycles. The number of hydrogen-bond donors (Lipinski definition) is 1. The van der Waals surface area contributed by atoms with Gasteiger partial charge >= 0.3 is 0 Å².